The Bertz CT molecular complexity index is 1130. The fraction of sp³-hybridized carbons (Fsp3) is 0.360. The van der Waals surface area contributed by atoms with Crippen LogP contribution in [0.3, 0.4) is 0 Å². The predicted molar refractivity (Wildman–Crippen MR) is 133 cm³/mol. The van der Waals surface area contributed by atoms with Crippen LogP contribution >= 0.6 is 0 Å². The SMILES string of the molecule is CC[Si](C#CC(OS(=O)(=O)C(F)(F)F)=C(c1ccc(OC)cc1)c1ccc(OC)cc1)(CC)CC. The monoisotopic (exact) mass is 526 g/mol. The van der Waals surface area contributed by atoms with Gasteiger partial charge in [0, 0.05) is 5.57 Å². The third-order valence-electron chi connectivity index (χ3n) is 5.93. The normalized spacial score (nSPS) is 11.8. The topological polar surface area (TPSA) is 61.8 Å². The maximum atomic E-state index is 13.3. The number of hydrogen-bond donors (Lipinski definition) is 0. The van der Waals surface area contributed by atoms with E-state index in [0.29, 0.717) is 22.6 Å². The fourth-order valence-corrected chi connectivity index (χ4v) is 6.28. The second-order valence-corrected chi connectivity index (χ2v) is 14.2. The Hall–Kier alpha value is -2.90. The molecule has 0 N–H and O–H groups in total. The molecule has 0 heterocycles. The summed E-state index contributed by atoms with van der Waals surface area (Å²) in [6.45, 7) is 5.95. The molecule has 190 valence electrons. The van der Waals surface area contributed by atoms with Crippen LogP contribution < -0.4 is 9.47 Å². The van der Waals surface area contributed by atoms with Crippen LogP contribution in [-0.4, -0.2) is 36.2 Å². The Morgan fingerprint density at radius 2 is 1.23 bits per heavy atom. The van der Waals surface area contributed by atoms with Gasteiger partial charge in [-0.15, -0.1) is 5.54 Å². The van der Waals surface area contributed by atoms with E-state index in [1.165, 1.54) is 14.2 Å². The Kier molecular flexibility index (Phi) is 9.46. The standard InChI is InChI=1S/C25H29F3O5SSi/c1-6-35(7-2,8-3)18-17-23(33-34(29,30)25(26,27)28)24(19-9-13-21(31-4)14-10-19)20-11-15-22(32-5)16-12-20/h9-16H,6-8H2,1-5H3. The van der Waals surface area contributed by atoms with Gasteiger partial charge in [-0.3, -0.25) is 0 Å². The van der Waals surface area contributed by atoms with Gasteiger partial charge in [-0.1, -0.05) is 45.0 Å². The molecule has 5 nitrogen and oxygen atoms in total. The lowest BCUT2D eigenvalue weighted by Gasteiger charge is -2.20. The second-order valence-electron chi connectivity index (χ2n) is 7.74. The zero-order chi connectivity index (χ0) is 26.3. The Morgan fingerprint density at radius 1 is 0.829 bits per heavy atom. The van der Waals surface area contributed by atoms with Crippen molar-refractivity contribution in [1.82, 2.24) is 0 Å². The molecule has 0 unspecified atom stereocenters. The molecule has 0 saturated carbocycles. The lowest BCUT2D eigenvalue weighted by atomic mass is 9.96. The molecule has 2 aromatic carbocycles. The van der Waals surface area contributed by atoms with Crippen molar-refractivity contribution in [2.45, 2.75) is 44.4 Å². The molecule has 0 spiro atoms. The summed E-state index contributed by atoms with van der Waals surface area (Å²) in [5.41, 5.74) is -1.53. The van der Waals surface area contributed by atoms with Crippen LogP contribution in [0.1, 0.15) is 31.9 Å². The highest BCUT2D eigenvalue weighted by Crippen LogP contribution is 2.34. The summed E-state index contributed by atoms with van der Waals surface area (Å²) in [4.78, 5) is 0. The molecule has 0 fully saturated rings. The summed E-state index contributed by atoms with van der Waals surface area (Å²) in [6.07, 6.45) is 0. The quantitative estimate of drug-likeness (QED) is 0.125. The van der Waals surface area contributed by atoms with Crippen LogP contribution in [0.15, 0.2) is 54.3 Å². The minimum Gasteiger partial charge on any atom is -0.497 e. The van der Waals surface area contributed by atoms with E-state index in [2.05, 4.69) is 11.5 Å². The van der Waals surface area contributed by atoms with E-state index in [-0.39, 0.29) is 5.57 Å². The van der Waals surface area contributed by atoms with Gasteiger partial charge in [0.2, 0.25) is 5.76 Å². The minimum absolute atomic E-state index is 0.113. The molecule has 0 saturated heterocycles. The van der Waals surface area contributed by atoms with Crippen molar-refractivity contribution in [2.24, 2.45) is 0 Å². The minimum atomic E-state index is -5.97. The number of alkyl halides is 3. The van der Waals surface area contributed by atoms with Gasteiger partial charge in [0.05, 0.1) is 14.2 Å². The first-order chi connectivity index (χ1) is 16.5. The second kappa shape index (κ2) is 11.7. The number of halogens is 3. The molecule has 0 aromatic heterocycles. The van der Waals surface area contributed by atoms with E-state index in [1.807, 2.05) is 20.8 Å². The van der Waals surface area contributed by atoms with Crippen molar-refractivity contribution in [2.75, 3.05) is 14.2 Å². The van der Waals surface area contributed by atoms with Crippen molar-refractivity contribution < 1.29 is 35.2 Å². The highest BCUT2D eigenvalue weighted by Gasteiger charge is 2.49. The Balaban J connectivity index is 2.92. The molecule has 0 bridgehead atoms. The van der Waals surface area contributed by atoms with Gasteiger partial charge in [-0.2, -0.15) is 21.6 Å². The molecule has 2 aromatic rings. The highest BCUT2D eigenvalue weighted by atomic mass is 32.2. The van der Waals surface area contributed by atoms with Crippen LogP contribution in [0.4, 0.5) is 13.2 Å². The Morgan fingerprint density at radius 3 is 1.54 bits per heavy atom. The number of allylic oxidation sites excluding steroid dienone is 1. The van der Waals surface area contributed by atoms with Crippen LogP contribution in [0.5, 0.6) is 11.5 Å². The van der Waals surface area contributed by atoms with Gasteiger partial charge in [-0.25, -0.2) is 0 Å². The van der Waals surface area contributed by atoms with Gasteiger partial charge < -0.3 is 13.7 Å². The van der Waals surface area contributed by atoms with E-state index >= 15 is 0 Å². The van der Waals surface area contributed by atoms with Crippen LogP contribution in [0.2, 0.25) is 18.1 Å². The summed E-state index contributed by atoms with van der Waals surface area (Å²) < 4.78 is 79.2. The van der Waals surface area contributed by atoms with Gasteiger partial charge in [0.25, 0.3) is 0 Å². The van der Waals surface area contributed by atoms with E-state index in [1.54, 1.807) is 48.5 Å². The maximum Gasteiger partial charge on any atom is 0.534 e. The van der Waals surface area contributed by atoms with E-state index < -0.39 is 29.5 Å². The lowest BCUT2D eigenvalue weighted by Crippen LogP contribution is -2.30. The van der Waals surface area contributed by atoms with Crippen LogP contribution in [-0.2, 0) is 14.3 Å². The molecule has 0 aliphatic carbocycles. The molecular formula is C25H29F3O5SSi. The highest BCUT2D eigenvalue weighted by molar-refractivity contribution is 7.87. The molecule has 10 heteroatoms. The van der Waals surface area contributed by atoms with Gasteiger partial charge in [0.1, 0.15) is 19.6 Å². The largest absolute Gasteiger partial charge is 0.534 e. The van der Waals surface area contributed by atoms with Crippen molar-refractivity contribution in [1.29, 1.82) is 0 Å². The fourth-order valence-electron chi connectivity index (χ4n) is 3.43. The molecule has 0 atom stereocenters. The summed E-state index contributed by atoms with van der Waals surface area (Å²) >= 11 is 0. The van der Waals surface area contributed by atoms with E-state index in [0.717, 1.165) is 18.1 Å². The first kappa shape index (κ1) is 28.3. The zero-order valence-corrected chi connectivity index (χ0v) is 22.1. The summed E-state index contributed by atoms with van der Waals surface area (Å²) in [6, 6.07) is 15.2. The van der Waals surface area contributed by atoms with Gasteiger partial charge in [0.15, 0.2) is 0 Å². The molecule has 0 radical (unpaired) electrons. The first-order valence-corrected chi connectivity index (χ1v) is 15.1. The molecule has 2 rings (SSSR count). The third kappa shape index (κ3) is 6.83. The van der Waals surface area contributed by atoms with Gasteiger partial charge in [-0.05, 0) is 59.4 Å². The lowest BCUT2D eigenvalue weighted by molar-refractivity contribution is -0.0518. The zero-order valence-electron chi connectivity index (χ0n) is 20.3. The Labute approximate surface area is 206 Å². The molecule has 35 heavy (non-hydrogen) atoms. The molecular weight excluding hydrogens is 497 g/mol. The first-order valence-electron chi connectivity index (χ1n) is 11.0. The maximum absolute atomic E-state index is 13.3. The van der Waals surface area contributed by atoms with Crippen molar-refractivity contribution in [3.63, 3.8) is 0 Å². The van der Waals surface area contributed by atoms with Crippen LogP contribution in [0, 0.1) is 11.5 Å². The average Bonchev–Trinajstić information content (AvgIpc) is 2.85. The number of hydrogen-bond acceptors (Lipinski definition) is 5. The summed E-state index contributed by atoms with van der Waals surface area (Å²) in [5, 5.41) is 0. The molecule has 0 aliphatic heterocycles. The van der Waals surface area contributed by atoms with Crippen molar-refractivity contribution >= 4 is 23.8 Å². The van der Waals surface area contributed by atoms with E-state index in [9.17, 15) is 21.6 Å². The number of rotatable bonds is 9. The molecule has 0 aliphatic rings. The average molecular weight is 527 g/mol. The summed E-state index contributed by atoms with van der Waals surface area (Å²) in [5.74, 6) is 3.19. The van der Waals surface area contributed by atoms with Gasteiger partial charge >= 0.3 is 15.6 Å². The number of methoxy groups -OCH3 is 2. The number of benzene rings is 2. The van der Waals surface area contributed by atoms with Crippen LogP contribution in [0.25, 0.3) is 5.57 Å². The number of ether oxygens (including phenoxy) is 2. The van der Waals surface area contributed by atoms with E-state index in [4.69, 9.17) is 13.7 Å². The predicted octanol–water partition coefficient (Wildman–Crippen LogP) is 6.38. The smallest absolute Gasteiger partial charge is 0.497 e. The third-order valence-corrected chi connectivity index (χ3v) is 11.6. The molecule has 0 amide bonds. The van der Waals surface area contributed by atoms with Crippen molar-refractivity contribution in [3.8, 4) is 23.0 Å². The summed E-state index contributed by atoms with van der Waals surface area (Å²) in [7, 11) is -5.17. The van der Waals surface area contributed by atoms with Crippen molar-refractivity contribution in [3.05, 3.63) is 65.4 Å².